The van der Waals surface area contributed by atoms with Crippen molar-refractivity contribution in [3.8, 4) is 28.4 Å². The van der Waals surface area contributed by atoms with E-state index in [1.54, 1.807) is 48.5 Å². The molecule has 1 aliphatic rings. The minimum absolute atomic E-state index is 0.182. The van der Waals surface area contributed by atoms with Crippen molar-refractivity contribution in [3.05, 3.63) is 77.9 Å². The fraction of sp³-hybridized carbons (Fsp3) is 0.192. The summed E-state index contributed by atoms with van der Waals surface area (Å²) in [5.74, 6) is 0.379. The van der Waals surface area contributed by atoms with Crippen LogP contribution in [0.3, 0.4) is 0 Å². The van der Waals surface area contributed by atoms with E-state index in [1.807, 2.05) is 18.2 Å². The summed E-state index contributed by atoms with van der Waals surface area (Å²) in [5, 5.41) is 2.75. The maximum Gasteiger partial charge on any atom is 0.338 e. The van der Waals surface area contributed by atoms with Gasteiger partial charge in [-0.3, -0.25) is 9.59 Å². The second-order valence-electron chi connectivity index (χ2n) is 7.65. The van der Waals surface area contributed by atoms with Gasteiger partial charge in [-0.2, -0.15) is 0 Å². The van der Waals surface area contributed by atoms with Crippen molar-refractivity contribution in [2.45, 2.75) is 26.5 Å². The van der Waals surface area contributed by atoms with Crippen LogP contribution in [0.1, 0.15) is 29.8 Å². The van der Waals surface area contributed by atoms with Gasteiger partial charge in [0.15, 0.2) is 17.6 Å². The maximum absolute atomic E-state index is 12.5. The van der Waals surface area contributed by atoms with Crippen molar-refractivity contribution < 1.29 is 33.3 Å². The van der Waals surface area contributed by atoms with E-state index in [9.17, 15) is 14.4 Å². The summed E-state index contributed by atoms with van der Waals surface area (Å²) in [5.41, 5.74) is 2.94. The van der Waals surface area contributed by atoms with Gasteiger partial charge < -0.3 is 24.3 Å². The van der Waals surface area contributed by atoms with Gasteiger partial charge in [0.1, 0.15) is 5.75 Å². The minimum Gasteiger partial charge on any atom is -0.454 e. The molecule has 0 radical (unpaired) electrons. The van der Waals surface area contributed by atoms with Crippen LogP contribution in [-0.2, 0) is 20.9 Å². The minimum atomic E-state index is -0.963. The molecule has 0 fully saturated rings. The standard InChI is InChI=1S/C26H23NO7/c1-16(25(29)27-14-18-3-12-23-24(13-18)32-15-31-23)33-26(30)21-6-4-19(5-7-21)20-8-10-22(11-9-20)34-17(2)28/h3-13,16H,14-15H2,1-2H3,(H,27,29)/t16-/m1/s1. The van der Waals surface area contributed by atoms with E-state index in [0.717, 1.165) is 16.7 Å². The van der Waals surface area contributed by atoms with Crippen molar-refractivity contribution in [2.24, 2.45) is 0 Å². The van der Waals surface area contributed by atoms with Gasteiger partial charge in [0.2, 0.25) is 6.79 Å². The highest BCUT2D eigenvalue weighted by atomic mass is 16.7. The lowest BCUT2D eigenvalue weighted by Crippen LogP contribution is -2.35. The van der Waals surface area contributed by atoms with Crippen molar-refractivity contribution in [3.63, 3.8) is 0 Å². The topological polar surface area (TPSA) is 100 Å². The predicted octanol–water partition coefficient (Wildman–Crippen LogP) is 3.87. The Morgan fingerprint density at radius 1 is 0.912 bits per heavy atom. The van der Waals surface area contributed by atoms with Crippen molar-refractivity contribution >= 4 is 17.8 Å². The molecule has 174 valence electrons. The molecule has 0 aliphatic carbocycles. The van der Waals surface area contributed by atoms with Gasteiger partial charge in [0.25, 0.3) is 5.91 Å². The third kappa shape index (κ3) is 5.53. The van der Waals surface area contributed by atoms with Crippen LogP contribution in [0.25, 0.3) is 11.1 Å². The van der Waals surface area contributed by atoms with Gasteiger partial charge in [-0.15, -0.1) is 0 Å². The van der Waals surface area contributed by atoms with Crippen LogP contribution in [0.5, 0.6) is 17.2 Å². The number of rotatable bonds is 7. The SMILES string of the molecule is CC(=O)Oc1ccc(-c2ccc(C(=O)O[C@H](C)C(=O)NCc3ccc4c(c3)OCO4)cc2)cc1. The molecule has 0 saturated heterocycles. The Labute approximate surface area is 196 Å². The van der Waals surface area contributed by atoms with Gasteiger partial charge in [-0.05, 0) is 60.0 Å². The second kappa shape index (κ2) is 10.1. The quantitative estimate of drug-likeness (QED) is 0.421. The zero-order chi connectivity index (χ0) is 24.1. The Morgan fingerprint density at radius 3 is 2.24 bits per heavy atom. The summed E-state index contributed by atoms with van der Waals surface area (Å²) < 4.78 is 20.9. The number of carbonyl (C=O) groups is 3. The molecule has 4 rings (SSSR count). The number of amides is 1. The lowest BCUT2D eigenvalue weighted by atomic mass is 10.0. The van der Waals surface area contributed by atoms with Gasteiger partial charge in [0.05, 0.1) is 5.56 Å². The van der Waals surface area contributed by atoms with Crippen LogP contribution in [0.4, 0.5) is 0 Å². The Balaban J connectivity index is 1.30. The Kier molecular flexibility index (Phi) is 6.77. The predicted molar refractivity (Wildman–Crippen MR) is 122 cm³/mol. The summed E-state index contributed by atoms with van der Waals surface area (Å²) >= 11 is 0. The van der Waals surface area contributed by atoms with Crippen LogP contribution in [-0.4, -0.2) is 30.7 Å². The maximum atomic E-state index is 12.5. The van der Waals surface area contributed by atoms with Crippen molar-refractivity contribution in [1.82, 2.24) is 5.32 Å². The average molecular weight is 461 g/mol. The first-order valence-electron chi connectivity index (χ1n) is 10.6. The third-order valence-corrected chi connectivity index (χ3v) is 5.13. The lowest BCUT2D eigenvalue weighted by Gasteiger charge is -2.14. The highest BCUT2D eigenvalue weighted by molar-refractivity contribution is 5.92. The van der Waals surface area contributed by atoms with Crippen LogP contribution in [0.2, 0.25) is 0 Å². The van der Waals surface area contributed by atoms with Crippen molar-refractivity contribution in [1.29, 1.82) is 0 Å². The van der Waals surface area contributed by atoms with E-state index in [4.69, 9.17) is 18.9 Å². The van der Waals surface area contributed by atoms with Gasteiger partial charge in [-0.1, -0.05) is 30.3 Å². The number of hydrogen-bond acceptors (Lipinski definition) is 7. The molecule has 1 aliphatic heterocycles. The van der Waals surface area contributed by atoms with Gasteiger partial charge >= 0.3 is 11.9 Å². The molecule has 1 heterocycles. The third-order valence-electron chi connectivity index (χ3n) is 5.13. The first-order chi connectivity index (χ1) is 16.4. The summed E-state index contributed by atoms with van der Waals surface area (Å²) in [6.45, 7) is 3.31. The van der Waals surface area contributed by atoms with E-state index in [0.29, 0.717) is 22.8 Å². The van der Waals surface area contributed by atoms with E-state index in [-0.39, 0.29) is 19.3 Å². The number of nitrogens with one attached hydrogen (secondary N) is 1. The average Bonchev–Trinajstić information content (AvgIpc) is 3.30. The van der Waals surface area contributed by atoms with E-state index < -0.39 is 18.0 Å². The number of carbonyl (C=O) groups excluding carboxylic acids is 3. The Bertz CT molecular complexity index is 1200. The largest absolute Gasteiger partial charge is 0.454 e. The molecule has 3 aromatic rings. The van der Waals surface area contributed by atoms with Crippen molar-refractivity contribution in [2.75, 3.05) is 6.79 Å². The molecule has 0 unspecified atom stereocenters. The molecule has 8 nitrogen and oxygen atoms in total. The van der Waals surface area contributed by atoms with Gasteiger partial charge in [0, 0.05) is 13.5 Å². The fourth-order valence-corrected chi connectivity index (χ4v) is 3.35. The molecule has 8 heteroatoms. The first-order valence-corrected chi connectivity index (χ1v) is 10.6. The van der Waals surface area contributed by atoms with Crippen LogP contribution in [0, 0.1) is 0 Å². The molecule has 0 bridgehead atoms. The first kappa shape index (κ1) is 22.8. The smallest absolute Gasteiger partial charge is 0.338 e. The highest BCUT2D eigenvalue weighted by Gasteiger charge is 2.19. The number of benzene rings is 3. The molecule has 3 aromatic carbocycles. The zero-order valence-electron chi connectivity index (χ0n) is 18.7. The molecular weight excluding hydrogens is 438 g/mol. The van der Waals surface area contributed by atoms with E-state index >= 15 is 0 Å². The van der Waals surface area contributed by atoms with E-state index in [2.05, 4.69) is 5.32 Å². The second-order valence-corrected chi connectivity index (χ2v) is 7.65. The number of esters is 2. The molecule has 0 spiro atoms. The lowest BCUT2D eigenvalue weighted by molar-refractivity contribution is -0.132. The Hall–Kier alpha value is -4.33. The summed E-state index contributed by atoms with van der Waals surface area (Å²) in [4.78, 5) is 35.9. The molecule has 1 N–H and O–H groups in total. The van der Waals surface area contributed by atoms with Gasteiger partial charge in [-0.25, -0.2) is 4.79 Å². The number of ether oxygens (including phenoxy) is 4. The fourth-order valence-electron chi connectivity index (χ4n) is 3.35. The molecule has 0 aromatic heterocycles. The molecule has 34 heavy (non-hydrogen) atoms. The number of hydrogen-bond donors (Lipinski definition) is 1. The monoisotopic (exact) mass is 461 g/mol. The van der Waals surface area contributed by atoms with Crippen LogP contribution >= 0.6 is 0 Å². The molecular formula is C26H23NO7. The summed E-state index contributed by atoms with van der Waals surface area (Å²) in [6, 6.07) is 19.3. The zero-order valence-corrected chi connectivity index (χ0v) is 18.7. The van der Waals surface area contributed by atoms with Crippen LogP contribution < -0.4 is 19.5 Å². The van der Waals surface area contributed by atoms with E-state index in [1.165, 1.54) is 13.8 Å². The normalized spacial score (nSPS) is 12.5. The molecule has 0 saturated carbocycles. The summed E-state index contributed by atoms with van der Waals surface area (Å²) in [6.07, 6.45) is -0.963. The highest BCUT2D eigenvalue weighted by Crippen LogP contribution is 2.32. The number of fused-ring (bicyclic) bond motifs is 1. The summed E-state index contributed by atoms with van der Waals surface area (Å²) in [7, 11) is 0. The molecule has 1 atom stereocenters. The molecule has 1 amide bonds. The Morgan fingerprint density at radius 2 is 1.56 bits per heavy atom. The van der Waals surface area contributed by atoms with Crippen LogP contribution in [0.15, 0.2) is 66.7 Å².